The maximum Gasteiger partial charge on any atom is 0.257 e. The van der Waals surface area contributed by atoms with Gasteiger partial charge in [0.1, 0.15) is 17.5 Å². The summed E-state index contributed by atoms with van der Waals surface area (Å²) < 4.78 is 54.6. The highest BCUT2D eigenvalue weighted by Crippen LogP contribution is 2.49. The first-order valence-corrected chi connectivity index (χ1v) is 20.3. The molecule has 13 heteroatoms. The number of benzene rings is 1. The van der Waals surface area contributed by atoms with Crippen molar-refractivity contribution in [2.75, 3.05) is 65.4 Å². The highest BCUT2D eigenvalue weighted by Gasteiger charge is 2.57. The Morgan fingerprint density at radius 2 is 1.20 bits per heavy atom. The number of carbonyl (C=O) groups excluding carboxylic acids is 2. The van der Waals surface area contributed by atoms with Gasteiger partial charge in [-0.05, 0) is 81.8 Å². The number of ether oxygens (including phenoxy) is 2. The Labute approximate surface area is 328 Å². The second kappa shape index (κ2) is 17.3. The number of carbonyl (C=O) groups is 2. The molecular formula is C43H55F3N6O4. The molecule has 4 aliphatic heterocycles. The summed E-state index contributed by atoms with van der Waals surface area (Å²) in [6.45, 7) is 11.4. The van der Waals surface area contributed by atoms with Crippen molar-refractivity contribution in [2.24, 2.45) is 0 Å². The summed E-state index contributed by atoms with van der Waals surface area (Å²) in [5, 5.41) is 0. The van der Waals surface area contributed by atoms with Crippen molar-refractivity contribution < 1.29 is 32.2 Å². The molecule has 10 nitrogen and oxygen atoms in total. The topological polar surface area (TPSA) is 91.3 Å². The zero-order chi connectivity index (χ0) is 39.3. The number of aromatic nitrogens is 2. The lowest BCUT2D eigenvalue weighted by Crippen LogP contribution is -2.61. The van der Waals surface area contributed by atoms with Gasteiger partial charge >= 0.3 is 0 Å². The molecule has 0 bridgehead atoms. The average molecular weight is 777 g/mol. The molecule has 5 fully saturated rings. The van der Waals surface area contributed by atoms with Crippen molar-refractivity contribution in [3.05, 3.63) is 95.3 Å². The van der Waals surface area contributed by atoms with Crippen LogP contribution in [-0.2, 0) is 27.1 Å². The van der Waals surface area contributed by atoms with Crippen LogP contribution in [0, 0.1) is 17.5 Å². The molecule has 4 saturated heterocycles. The molecule has 2 aromatic heterocycles. The van der Waals surface area contributed by atoms with E-state index in [-0.39, 0.29) is 51.9 Å². The SMILES string of the molecule is CCC(=O)N1CC(C)OC2(CCN(CCc3ncccc3F)CC2)C1.O=C(c1ccccc1F)N1CC2(CCN(CCc3ncccc3F)CC2)OC2(CC2)C1. The van der Waals surface area contributed by atoms with Gasteiger partial charge in [-0.1, -0.05) is 19.1 Å². The predicted octanol–water partition coefficient (Wildman–Crippen LogP) is 5.70. The van der Waals surface area contributed by atoms with Crippen molar-refractivity contribution >= 4 is 11.8 Å². The number of halogens is 3. The van der Waals surface area contributed by atoms with Gasteiger partial charge in [0.15, 0.2) is 0 Å². The summed E-state index contributed by atoms with van der Waals surface area (Å²) in [6.07, 6.45) is 10.4. The lowest BCUT2D eigenvalue weighted by molar-refractivity contribution is -0.179. The van der Waals surface area contributed by atoms with E-state index >= 15 is 0 Å². The summed E-state index contributed by atoms with van der Waals surface area (Å²) in [7, 11) is 0. The van der Waals surface area contributed by atoms with Crippen LogP contribution in [0.2, 0.25) is 0 Å². The summed E-state index contributed by atoms with van der Waals surface area (Å²) in [5.74, 6) is -1.00. The summed E-state index contributed by atoms with van der Waals surface area (Å²) >= 11 is 0. The van der Waals surface area contributed by atoms with Gasteiger partial charge in [-0.25, -0.2) is 13.2 Å². The normalized spacial score (nSPS) is 22.8. The molecule has 3 spiro atoms. The molecule has 8 rings (SSSR count). The molecule has 1 saturated carbocycles. The maximum absolute atomic E-state index is 14.2. The molecular weight excluding hydrogens is 722 g/mol. The number of pyridine rings is 2. The first-order valence-electron chi connectivity index (χ1n) is 20.3. The molecule has 1 aromatic carbocycles. The predicted molar refractivity (Wildman–Crippen MR) is 205 cm³/mol. The van der Waals surface area contributed by atoms with E-state index in [4.69, 9.17) is 9.47 Å². The number of hydrogen-bond acceptors (Lipinski definition) is 8. The van der Waals surface area contributed by atoms with Gasteiger partial charge in [-0.2, -0.15) is 0 Å². The largest absolute Gasteiger partial charge is 0.368 e. The molecule has 2 amide bonds. The maximum atomic E-state index is 14.2. The van der Waals surface area contributed by atoms with E-state index in [1.165, 1.54) is 18.2 Å². The number of nitrogens with zero attached hydrogens (tertiary/aromatic N) is 6. The summed E-state index contributed by atoms with van der Waals surface area (Å²) in [6, 6.07) is 12.3. The van der Waals surface area contributed by atoms with Crippen molar-refractivity contribution in [1.29, 1.82) is 0 Å². The van der Waals surface area contributed by atoms with E-state index in [1.54, 1.807) is 47.6 Å². The van der Waals surface area contributed by atoms with Gasteiger partial charge in [-0.3, -0.25) is 19.6 Å². The number of rotatable bonds is 8. The first kappa shape index (κ1) is 40.3. The van der Waals surface area contributed by atoms with Crippen LogP contribution in [0.3, 0.4) is 0 Å². The smallest absolute Gasteiger partial charge is 0.257 e. The fourth-order valence-electron chi connectivity index (χ4n) is 8.90. The van der Waals surface area contributed by atoms with Crippen LogP contribution < -0.4 is 0 Å². The molecule has 0 radical (unpaired) electrons. The minimum atomic E-state index is -0.477. The van der Waals surface area contributed by atoms with Crippen molar-refractivity contribution in [1.82, 2.24) is 29.6 Å². The third kappa shape index (κ3) is 9.61. The van der Waals surface area contributed by atoms with Gasteiger partial charge in [0.05, 0.1) is 52.9 Å². The van der Waals surface area contributed by atoms with E-state index in [2.05, 4.69) is 19.8 Å². The number of amides is 2. The standard InChI is InChI=1S/C24H27F2N3O2.C19H28FN3O2/c25-19-5-2-1-4-18(19)22(30)29-16-23(8-9-23)31-24(17-29)10-14-28(15-11-24)13-7-21-20(26)6-3-12-27-21;1-3-18(24)23-13-15(2)25-19(14-23)7-11-22(12-8-19)10-6-17-16(20)5-4-9-21-17/h1-6,12H,7-11,13-17H2;4-5,9,15H,3,6-8,10-14H2,1-2H3. The lowest BCUT2D eigenvalue weighted by Gasteiger charge is -2.50. The monoisotopic (exact) mass is 776 g/mol. The molecule has 1 aliphatic carbocycles. The zero-order valence-electron chi connectivity index (χ0n) is 32.7. The minimum Gasteiger partial charge on any atom is -0.368 e. The second-order valence-corrected chi connectivity index (χ2v) is 16.4. The Kier molecular flexibility index (Phi) is 12.4. The third-order valence-corrected chi connectivity index (χ3v) is 12.2. The highest BCUT2D eigenvalue weighted by atomic mass is 19.1. The van der Waals surface area contributed by atoms with Gasteiger partial charge in [0.25, 0.3) is 5.91 Å². The molecule has 0 N–H and O–H groups in total. The molecule has 56 heavy (non-hydrogen) atoms. The average Bonchev–Trinajstić information content (AvgIpc) is 3.95. The molecule has 6 heterocycles. The van der Waals surface area contributed by atoms with E-state index in [1.807, 2.05) is 18.7 Å². The molecule has 1 atom stereocenters. The van der Waals surface area contributed by atoms with Crippen molar-refractivity contribution in [2.45, 2.75) is 94.5 Å². The van der Waals surface area contributed by atoms with Crippen LogP contribution in [0.25, 0.3) is 0 Å². The molecule has 3 aromatic rings. The first-order chi connectivity index (χ1) is 27.0. The van der Waals surface area contributed by atoms with Crippen LogP contribution in [0.15, 0.2) is 60.9 Å². The van der Waals surface area contributed by atoms with E-state index < -0.39 is 5.82 Å². The minimum absolute atomic E-state index is 0.0819. The molecule has 1 unspecified atom stereocenters. The number of morpholine rings is 2. The fourth-order valence-corrected chi connectivity index (χ4v) is 8.90. The Morgan fingerprint density at radius 3 is 1.71 bits per heavy atom. The highest BCUT2D eigenvalue weighted by molar-refractivity contribution is 5.94. The van der Waals surface area contributed by atoms with E-state index in [0.717, 1.165) is 77.8 Å². The van der Waals surface area contributed by atoms with Gasteiger partial charge in [0.2, 0.25) is 5.91 Å². The molecule has 302 valence electrons. The van der Waals surface area contributed by atoms with Gasteiger partial charge < -0.3 is 29.1 Å². The van der Waals surface area contributed by atoms with Crippen LogP contribution in [0.4, 0.5) is 13.2 Å². The van der Waals surface area contributed by atoms with Crippen molar-refractivity contribution in [3.8, 4) is 0 Å². The van der Waals surface area contributed by atoms with Crippen LogP contribution in [-0.4, -0.2) is 130 Å². The Bertz CT molecular complexity index is 1830. The Morgan fingerprint density at radius 1 is 0.696 bits per heavy atom. The zero-order valence-corrected chi connectivity index (χ0v) is 32.7. The van der Waals surface area contributed by atoms with Gasteiger partial charge in [-0.15, -0.1) is 0 Å². The molecule has 5 aliphatic rings. The van der Waals surface area contributed by atoms with Crippen LogP contribution >= 0.6 is 0 Å². The van der Waals surface area contributed by atoms with Crippen molar-refractivity contribution in [3.63, 3.8) is 0 Å². The van der Waals surface area contributed by atoms with E-state index in [9.17, 15) is 22.8 Å². The lowest BCUT2D eigenvalue weighted by atomic mass is 9.87. The third-order valence-electron chi connectivity index (χ3n) is 12.2. The Balaban J connectivity index is 0.000000176. The Hall–Kier alpha value is -3.91. The summed E-state index contributed by atoms with van der Waals surface area (Å²) in [4.78, 5) is 41.9. The fraction of sp³-hybridized carbons (Fsp3) is 0.581. The quantitative estimate of drug-likeness (QED) is 0.288. The number of hydrogen-bond donors (Lipinski definition) is 0. The summed E-state index contributed by atoms with van der Waals surface area (Å²) in [5.41, 5.74) is 0.293. The van der Waals surface area contributed by atoms with E-state index in [0.29, 0.717) is 56.8 Å². The van der Waals surface area contributed by atoms with Crippen LogP contribution in [0.5, 0.6) is 0 Å². The number of piperidine rings is 2. The van der Waals surface area contributed by atoms with Crippen LogP contribution in [0.1, 0.15) is 80.5 Å². The number of likely N-dealkylation sites (tertiary alicyclic amines) is 2. The second-order valence-electron chi connectivity index (χ2n) is 16.4. The van der Waals surface area contributed by atoms with Gasteiger partial charge in [0, 0.05) is 84.0 Å².